The zero-order valence-corrected chi connectivity index (χ0v) is 19.7. The molecule has 8 heteroatoms. The van der Waals surface area contributed by atoms with Gasteiger partial charge in [0.1, 0.15) is 5.75 Å². The number of anilines is 1. The first-order valence-corrected chi connectivity index (χ1v) is 12.0. The normalized spacial score (nSPS) is 15.1. The van der Waals surface area contributed by atoms with Crippen LogP contribution in [0.1, 0.15) is 16.7 Å². The van der Waals surface area contributed by atoms with E-state index in [0.717, 1.165) is 39.5 Å². The van der Waals surface area contributed by atoms with Crippen molar-refractivity contribution in [2.75, 3.05) is 38.2 Å². The van der Waals surface area contributed by atoms with Gasteiger partial charge in [0.2, 0.25) is 10.0 Å². The van der Waals surface area contributed by atoms with E-state index in [4.69, 9.17) is 4.74 Å². The lowest BCUT2D eigenvalue weighted by atomic mass is 10.1. The number of sulfonamides is 1. The summed E-state index contributed by atoms with van der Waals surface area (Å²) in [5, 5.41) is 8.75. The van der Waals surface area contributed by atoms with Crippen LogP contribution in [0.3, 0.4) is 0 Å². The van der Waals surface area contributed by atoms with Gasteiger partial charge in [-0.15, -0.1) is 10.2 Å². The average molecular weight is 453 g/mol. The Morgan fingerprint density at radius 2 is 1.56 bits per heavy atom. The first-order valence-electron chi connectivity index (χ1n) is 10.6. The molecule has 1 fully saturated rings. The Balaban J connectivity index is 1.46. The van der Waals surface area contributed by atoms with Gasteiger partial charge in [0.05, 0.1) is 17.7 Å². The Morgan fingerprint density at radius 1 is 0.844 bits per heavy atom. The predicted molar refractivity (Wildman–Crippen MR) is 126 cm³/mol. The molecule has 1 aliphatic rings. The molecule has 2 aromatic carbocycles. The van der Waals surface area contributed by atoms with E-state index in [-0.39, 0.29) is 0 Å². The Morgan fingerprint density at radius 3 is 2.22 bits per heavy atom. The molecule has 0 bridgehead atoms. The quantitative estimate of drug-likeness (QED) is 0.589. The fourth-order valence-electron chi connectivity index (χ4n) is 3.94. The fraction of sp³-hybridized carbons (Fsp3) is 0.333. The third-order valence-electron chi connectivity index (χ3n) is 5.99. The van der Waals surface area contributed by atoms with Crippen LogP contribution in [0, 0.1) is 20.8 Å². The minimum absolute atomic E-state index is 0.400. The Hall–Kier alpha value is -2.97. The molecule has 0 unspecified atom stereocenters. The van der Waals surface area contributed by atoms with Crippen molar-refractivity contribution in [3.63, 3.8) is 0 Å². The molecule has 4 rings (SSSR count). The third kappa shape index (κ3) is 4.33. The molecule has 0 amide bonds. The number of hydrogen-bond donors (Lipinski definition) is 0. The predicted octanol–water partition coefficient (Wildman–Crippen LogP) is 3.59. The molecule has 0 radical (unpaired) electrons. The SMILES string of the molecule is COc1cccc(-c2ccc(N3CCN(S(=O)(=O)c4cc(C)c(C)cc4C)CC3)nn2)c1. The molecule has 0 spiro atoms. The molecule has 32 heavy (non-hydrogen) atoms. The van der Waals surface area contributed by atoms with Gasteiger partial charge in [-0.1, -0.05) is 18.2 Å². The van der Waals surface area contributed by atoms with Crippen LogP contribution in [-0.2, 0) is 10.0 Å². The number of methoxy groups -OCH3 is 1. The molecule has 1 saturated heterocycles. The smallest absolute Gasteiger partial charge is 0.243 e. The zero-order valence-electron chi connectivity index (χ0n) is 18.9. The van der Waals surface area contributed by atoms with Gasteiger partial charge in [-0.05, 0) is 67.8 Å². The highest BCUT2D eigenvalue weighted by Crippen LogP contribution is 2.26. The first kappa shape index (κ1) is 22.2. The number of nitrogens with zero attached hydrogens (tertiary/aromatic N) is 4. The van der Waals surface area contributed by atoms with E-state index in [1.807, 2.05) is 63.2 Å². The molecule has 168 valence electrons. The minimum Gasteiger partial charge on any atom is -0.497 e. The monoisotopic (exact) mass is 452 g/mol. The maximum atomic E-state index is 13.2. The summed E-state index contributed by atoms with van der Waals surface area (Å²) in [5.74, 6) is 1.51. The van der Waals surface area contributed by atoms with Crippen molar-refractivity contribution in [2.24, 2.45) is 0 Å². The van der Waals surface area contributed by atoms with Gasteiger partial charge in [0, 0.05) is 31.7 Å². The number of piperazine rings is 1. The highest BCUT2D eigenvalue weighted by molar-refractivity contribution is 7.89. The van der Waals surface area contributed by atoms with Gasteiger partial charge in [-0.2, -0.15) is 4.31 Å². The van der Waals surface area contributed by atoms with E-state index in [1.165, 1.54) is 0 Å². The lowest BCUT2D eigenvalue weighted by molar-refractivity contribution is 0.383. The lowest BCUT2D eigenvalue weighted by Gasteiger charge is -2.34. The van der Waals surface area contributed by atoms with Gasteiger partial charge >= 0.3 is 0 Å². The van der Waals surface area contributed by atoms with Crippen molar-refractivity contribution in [1.82, 2.24) is 14.5 Å². The molecule has 7 nitrogen and oxygen atoms in total. The van der Waals surface area contributed by atoms with E-state index in [1.54, 1.807) is 17.5 Å². The van der Waals surface area contributed by atoms with Crippen molar-refractivity contribution in [2.45, 2.75) is 25.7 Å². The molecule has 0 atom stereocenters. The van der Waals surface area contributed by atoms with Crippen LogP contribution in [0.25, 0.3) is 11.3 Å². The summed E-state index contributed by atoms with van der Waals surface area (Å²) in [5.41, 5.74) is 4.57. The second-order valence-corrected chi connectivity index (χ2v) is 10.0. The highest BCUT2D eigenvalue weighted by Gasteiger charge is 2.30. The molecule has 2 heterocycles. The molecular formula is C24H28N4O3S. The molecule has 0 aliphatic carbocycles. The molecule has 0 saturated carbocycles. The first-order chi connectivity index (χ1) is 15.3. The van der Waals surface area contributed by atoms with Gasteiger partial charge in [0.15, 0.2) is 5.82 Å². The summed E-state index contributed by atoms with van der Waals surface area (Å²) < 4.78 is 33.3. The maximum absolute atomic E-state index is 13.2. The van der Waals surface area contributed by atoms with Crippen LogP contribution in [-0.4, -0.2) is 56.2 Å². The number of ether oxygens (including phenoxy) is 1. The largest absolute Gasteiger partial charge is 0.497 e. The van der Waals surface area contributed by atoms with Gasteiger partial charge in [-0.3, -0.25) is 0 Å². The number of aromatic nitrogens is 2. The Bertz CT molecular complexity index is 1220. The van der Waals surface area contributed by atoms with Gasteiger partial charge < -0.3 is 9.64 Å². The van der Waals surface area contributed by atoms with E-state index < -0.39 is 10.0 Å². The number of benzene rings is 2. The van der Waals surface area contributed by atoms with Crippen LogP contribution in [0.2, 0.25) is 0 Å². The standard InChI is InChI=1S/C24H28N4O3S/c1-17-14-19(3)23(15-18(17)2)32(29,30)28-12-10-27(11-13-28)24-9-8-22(25-26-24)20-6-5-7-21(16-20)31-4/h5-9,14-16H,10-13H2,1-4H3. The Labute approximate surface area is 189 Å². The third-order valence-corrected chi connectivity index (χ3v) is 8.03. The van der Waals surface area contributed by atoms with Crippen molar-refractivity contribution in [3.05, 3.63) is 65.2 Å². The van der Waals surface area contributed by atoms with Crippen LogP contribution in [0.4, 0.5) is 5.82 Å². The van der Waals surface area contributed by atoms with Gasteiger partial charge in [-0.25, -0.2) is 8.42 Å². The van der Waals surface area contributed by atoms with Crippen molar-refractivity contribution in [3.8, 4) is 17.0 Å². The zero-order chi connectivity index (χ0) is 22.9. The van der Waals surface area contributed by atoms with Crippen molar-refractivity contribution >= 4 is 15.8 Å². The van der Waals surface area contributed by atoms with E-state index >= 15 is 0 Å². The summed E-state index contributed by atoms with van der Waals surface area (Å²) in [7, 11) is -1.89. The summed E-state index contributed by atoms with van der Waals surface area (Å²) in [6.45, 7) is 7.75. The maximum Gasteiger partial charge on any atom is 0.243 e. The summed E-state index contributed by atoms with van der Waals surface area (Å²) in [6, 6.07) is 15.3. The molecule has 1 aliphatic heterocycles. The summed E-state index contributed by atoms with van der Waals surface area (Å²) >= 11 is 0. The number of aryl methyl sites for hydroxylation is 3. The second kappa shape index (κ2) is 8.88. The van der Waals surface area contributed by atoms with Crippen LogP contribution in [0.5, 0.6) is 5.75 Å². The van der Waals surface area contributed by atoms with E-state index in [0.29, 0.717) is 31.1 Å². The number of rotatable bonds is 5. The van der Waals surface area contributed by atoms with Crippen LogP contribution in [0.15, 0.2) is 53.4 Å². The molecular weight excluding hydrogens is 424 g/mol. The summed E-state index contributed by atoms with van der Waals surface area (Å²) in [6.07, 6.45) is 0. The lowest BCUT2D eigenvalue weighted by Crippen LogP contribution is -2.49. The minimum atomic E-state index is -3.53. The van der Waals surface area contributed by atoms with Crippen molar-refractivity contribution in [1.29, 1.82) is 0 Å². The average Bonchev–Trinajstić information content (AvgIpc) is 2.81. The molecule has 3 aromatic rings. The molecule has 0 N–H and O–H groups in total. The van der Waals surface area contributed by atoms with Gasteiger partial charge in [0.25, 0.3) is 0 Å². The topological polar surface area (TPSA) is 75.6 Å². The number of hydrogen-bond acceptors (Lipinski definition) is 6. The molecule has 1 aromatic heterocycles. The fourth-order valence-corrected chi connectivity index (χ4v) is 5.65. The summed E-state index contributed by atoms with van der Waals surface area (Å²) in [4.78, 5) is 2.47. The van der Waals surface area contributed by atoms with Crippen LogP contribution < -0.4 is 9.64 Å². The Kier molecular flexibility index (Phi) is 6.17. The van der Waals surface area contributed by atoms with Crippen molar-refractivity contribution < 1.29 is 13.2 Å². The second-order valence-electron chi connectivity index (χ2n) is 8.10. The van der Waals surface area contributed by atoms with Crippen LogP contribution >= 0.6 is 0 Å². The highest BCUT2D eigenvalue weighted by atomic mass is 32.2. The van der Waals surface area contributed by atoms with E-state index in [2.05, 4.69) is 15.1 Å². The van der Waals surface area contributed by atoms with E-state index in [9.17, 15) is 8.42 Å².